The van der Waals surface area contributed by atoms with Crippen LogP contribution >= 0.6 is 0 Å². The lowest BCUT2D eigenvalue weighted by Gasteiger charge is -2.09. The number of amides is 2. The van der Waals surface area contributed by atoms with Gasteiger partial charge in [0.1, 0.15) is 0 Å². The number of carbonyl (C=O) groups excluding carboxylic acids is 2. The topological polar surface area (TPSA) is 78.4 Å². The van der Waals surface area contributed by atoms with Crippen LogP contribution in [0.1, 0.15) is 24.5 Å². The summed E-state index contributed by atoms with van der Waals surface area (Å²) in [4.78, 5) is 23.1. The smallest absolute Gasteiger partial charge is 0.313 e. The van der Waals surface area contributed by atoms with Crippen LogP contribution in [-0.2, 0) is 22.4 Å². The Hall–Kier alpha value is -1.88. The Kier molecular flexibility index (Phi) is 4.16. The summed E-state index contributed by atoms with van der Waals surface area (Å²) in [5.74, 6) is -1.44. The highest BCUT2D eigenvalue weighted by molar-refractivity contribution is 6.39. The van der Waals surface area contributed by atoms with Gasteiger partial charge < -0.3 is 15.7 Å². The Labute approximate surface area is 112 Å². The highest BCUT2D eigenvalue weighted by Crippen LogP contribution is 2.24. The lowest BCUT2D eigenvalue weighted by atomic mass is 10.1. The molecule has 0 aliphatic heterocycles. The number of benzene rings is 1. The molecule has 1 aromatic rings. The molecule has 3 N–H and O–H groups in total. The van der Waals surface area contributed by atoms with E-state index in [9.17, 15) is 9.59 Å². The van der Waals surface area contributed by atoms with Crippen molar-refractivity contribution in [3.05, 3.63) is 29.3 Å². The van der Waals surface area contributed by atoms with E-state index in [2.05, 4.69) is 10.6 Å². The van der Waals surface area contributed by atoms with Crippen LogP contribution in [0.4, 0.5) is 5.69 Å². The molecular formula is C14H18N2O3. The van der Waals surface area contributed by atoms with Gasteiger partial charge in [-0.2, -0.15) is 0 Å². The Morgan fingerprint density at radius 2 is 2.00 bits per heavy atom. The fourth-order valence-corrected chi connectivity index (χ4v) is 2.16. The minimum Gasteiger partial charge on any atom is -0.392 e. The van der Waals surface area contributed by atoms with Crippen LogP contribution in [-0.4, -0.2) is 29.6 Å². The van der Waals surface area contributed by atoms with Crippen molar-refractivity contribution >= 4 is 17.5 Å². The standard InChI is InChI=1S/C14H18N2O3/c1-9(17)8-15-13(18)14(19)16-12-6-5-10-3-2-4-11(10)7-12/h5-7,9,17H,2-4,8H2,1H3,(H,15,18)(H,16,19). The molecule has 2 amide bonds. The van der Waals surface area contributed by atoms with Gasteiger partial charge in [0, 0.05) is 12.2 Å². The number of hydrogen-bond acceptors (Lipinski definition) is 3. The molecule has 0 aromatic heterocycles. The molecule has 2 rings (SSSR count). The van der Waals surface area contributed by atoms with E-state index in [0.717, 1.165) is 19.3 Å². The minimum atomic E-state index is -0.735. The van der Waals surface area contributed by atoms with Gasteiger partial charge in [0.25, 0.3) is 0 Å². The van der Waals surface area contributed by atoms with Crippen molar-refractivity contribution in [1.29, 1.82) is 0 Å². The number of aliphatic hydroxyl groups is 1. The molecule has 19 heavy (non-hydrogen) atoms. The van der Waals surface area contributed by atoms with E-state index in [1.54, 1.807) is 6.92 Å². The Morgan fingerprint density at radius 1 is 1.26 bits per heavy atom. The molecule has 5 heteroatoms. The van der Waals surface area contributed by atoms with Crippen LogP contribution in [0.5, 0.6) is 0 Å². The SMILES string of the molecule is CC(O)CNC(=O)C(=O)Nc1ccc2c(c1)CCC2. The van der Waals surface area contributed by atoms with Crippen molar-refractivity contribution in [2.45, 2.75) is 32.3 Å². The first kappa shape index (κ1) is 13.5. The number of aryl methyl sites for hydroxylation is 2. The van der Waals surface area contributed by atoms with Crippen LogP contribution in [0.3, 0.4) is 0 Å². The third-order valence-corrected chi connectivity index (χ3v) is 3.12. The molecule has 1 aliphatic carbocycles. The van der Waals surface area contributed by atoms with E-state index in [1.165, 1.54) is 11.1 Å². The van der Waals surface area contributed by atoms with Crippen molar-refractivity contribution in [3.63, 3.8) is 0 Å². The van der Waals surface area contributed by atoms with Crippen LogP contribution in [0, 0.1) is 0 Å². The molecule has 0 heterocycles. The van der Waals surface area contributed by atoms with Crippen molar-refractivity contribution < 1.29 is 14.7 Å². The second-order valence-electron chi connectivity index (χ2n) is 4.85. The molecule has 1 unspecified atom stereocenters. The lowest BCUT2D eigenvalue weighted by Crippen LogP contribution is -2.38. The van der Waals surface area contributed by atoms with E-state index in [0.29, 0.717) is 5.69 Å². The normalized spacial score (nSPS) is 14.6. The van der Waals surface area contributed by atoms with Crippen LogP contribution in [0.15, 0.2) is 18.2 Å². The van der Waals surface area contributed by atoms with Gasteiger partial charge >= 0.3 is 11.8 Å². The molecule has 0 spiro atoms. The van der Waals surface area contributed by atoms with Crippen molar-refractivity contribution in [2.75, 3.05) is 11.9 Å². The molecule has 1 aliphatic rings. The monoisotopic (exact) mass is 262 g/mol. The summed E-state index contributed by atoms with van der Waals surface area (Å²) in [5.41, 5.74) is 3.19. The third-order valence-electron chi connectivity index (χ3n) is 3.12. The van der Waals surface area contributed by atoms with Crippen molar-refractivity contribution in [3.8, 4) is 0 Å². The second kappa shape index (κ2) is 5.84. The average Bonchev–Trinajstić information content (AvgIpc) is 2.83. The van der Waals surface area contributed by atoms with Gasteiger partial charge in [-0.1, -0.05) is 6.07 Å². The number of hydrogen-bond donors (Lipinski definition) is 3. The molecule has 1 aromatic carbocycles. The zero-order valence-corrected chi connectivity index (χ0v) is 10.9. The van der Waals surface area contributed by atoms with Crippen LogP contribution < -0.4 is 10.6 Å². The maximum Gasteiger partial charge on any atom is 0.313 e. The summed E-state index contributed by atoms with van der Waals surface area (Å²) < 4.78 is 0. The summed E-state index contributed by atoms with van der Waals surface area (Å²) in [6.45, 7) is 1.61. The molecular weight excluding hydrogens is 244 g/mol. The minimum absolute atomic E-state index is 0.0659. The first-order chi connectivity index (χ1) is 9.06. The Morgan fingerprint density at radius 3 is 2.74 bits per heavy atom. The Bertz CT molecular complexity index is 497. The van der Waals surface area contributed by atoms with E-state index < -0.39 is 17.9 Å². The summed E-state index contributed by atoms with van der Waals surface area (Å²) in [6.07, 6.45) is 2.57. The zero-order chi connectivity index (χ0) is 13.8. The highest BCUT2D eigenvalue weighted by atomic mass is 16.3. The highest BCUT2D eigenvalue weighted by Gasteiger charge is 2.16. The third kappa shape index (κ3) is 3.54. The largest absolute Gasteiger partial charge is 0.392 e. The van der Waals surface area contributed by atoms with E-state index in [-0.39, 0.29) is 6.54 Å². The fourth-order valence-electron chi connectivity index (χ4n) is 2.16. The number of anilines is 1. The fraction of sp³-hybridized carbons (Fsp3) is 0.429. The number of aliphatic hydroxyl groups excluding tert-OH is 1. The van der Waals surface area contributed by atoms with Gasteiger partial charge in [-0.15, -0.1) is 0 Å². The van der Waals surface area contributed by atoms with Crippen molar-refractivity contribution in [1.82, 2.24) is 5.32 Å². The maximum atomic E-state index is 11.6. The predicted octanol–water partition coefficient (Wildman–Crippen LogP) is 0.611. The average molecular weight is 262 g/mol. The molecule has 0 fully saturated rings. The number of nitrogens with one attached hydrogen (secondary N) is 2. The van der Waals surface area contributed by atoms with Gasteiger partial charge in [-0.05, 0) is 49.4 Å². The quantitative estimate of drug-likeness (QED) is 0.698. The predicted molar refractivity (Wildman–Crippen MR) is 71.8 cm³/mol. The van der Waals surface area contributed by atoms with Crippen LogP contribution in [0.2, 0.25) is 0 Å². The number of carbonyl (C=O) groups is 2. The number of fused-ring (bicyclic) bond motifs is 1. The Balaban J connectivity index is 1.93. The van der Waals surface area contributed by atoms with Crippen molar-refractivity contribution in [2.24, 2.45) is 0 Å². The van der Waals surface area contributed by atoms with Gasteiger partial charge in [-0.3, -0.25) is 9.59 Å². The lowest BCUT2D eigenvalue weighted by molar-refractivity contribution is -0.136. The summed E-state index contributed by atoms with van der Waals surface area (Å²) in [7, 11) is 0. The number of rotatable bonds is 3. The summed E-state index contributed by atoms with van der Waals surface area (Å²) in [5, 5.41) is 13.9. The van der Waals surface area contributed by atoms with Gasteiger partial charge in [0.15, 0.2) is 0 Å². The van der Waals surface area contributed by atoms with Gasteiger partial charge in [0.2, 0.25) is 0 Å². The molecule has 0 radical (unpaired) electrons. The molecule has 102 valence electrons. The molecule has 0 saturated heterocycles. The molecule has 0 bridgehead atoms. The van der Waals surface area contributed by atoms with E-state index in [1.807, 2.05) is 18.2 Å². The first-order valence-corrected chi connectivity index (χ1v) is 6.45. The van der Waals surface area contributed by atoms with Gasteiger partial charge in [-0.25, -0.2) is 0 Å². The molecule has 1 atom stereocenters. The maximum absolute atomic E-state index is 11.6. The summed E-state index contributed by atoms with van der Waals surface area (Å²) in [6, 6.07) is 5.72. The molecule has 5 nitrogen and oxygen atoms in total. The molecule has 0 saturated carbocycles. The van der Waals surface area contributed by atoms with E-state index >= 15 is 0 Å². The zero-order valence-electron chi connectivity index (χ0n) is 10.9. The second-order valence-corrected chi connectivity index (χ2v) is 4.85. The summed E-state index contributed by atoms with van der Waals surface area (Å²) >= 11 is 0. The first-order valence-electron chi connectivity index (χ1n) is 6.45. The van der Waals surface area contributed by atoms with Gasteiger partial charge in [0.05, 0.1) is 6.10 Å². The van der Waals surface area contributed by atoms with E-state index in [4.69, 9.17) is 5.11 Å². The van der Waals surface area contributed by atoms with Crippen LogP contribution in [0.25, 0.3) is 0 Å².